The van der Waals surface area contributed by atoms with E-state index in [0.717, 1.165) is 12.6 Å². The Morgan fingerprint density at radius 1 is 1.50 bits per heavy atom. The molecule has 0 aliphatic heterocycles. The Kier molecular flexibility index (Phi) is 5.39. The lowest BCUT2D eigenvalue weighted by Crippen LogP contribution is -2.27. The van der Waals surface area contributed by atoms with Crippen LogP contribution in [0.4, 0.5) is 15.8 Å². The molecule has 0 spiro atoms. The molecule has 0 heterocycles. The molecule has 0 aliphatic rings. The van der Waals surface area contributed by atoms with Crippen molar-refractivity contribution in [2.75, 3.05) is 32.9 Å². The van der Waals surface area contributed by atoms with Crippen molar-refractivity contribution < 1.29 is 14.1 Å². The number of carbonyl (C=O) groups is 1. The smallest absolute Gasteiger partial charge is 0.285 e. The zero-order chi connectivity index (χ0) is 15.3. The minimum Gasteiger partial charge on any atom is -0.396 e. The lowest BCUT2D eigenvalue weighted by atomic mass is 10.1. The first-order valence-electron chi connectivity index (χ1n) is 5.99. The fourth-order valence-corrected chi connectivity index (χ4v) is 1.60. The van der Waals surface area contributed by atoms with Crippen molar-refractivity contribution in [2.24, 2.45) is 0 Å². The molecule has 3 N–H and O–H groups in total. The van der Waals surface area contributed by atoms with E-state index in [4.69, 9.17) is 5.73 Å². The third kappa shape index (κ3) is 4.16. The predicted octanol–water partition coefficient (Wildman–Crippen LogP) is 0.998. The normalized spacial score (nSPS) is 10.6. The minimum absolute atomic E-state index is 0.237. The highest BCUT2D eigenvalue weighted by Gasteiger charge is 2.22. The number of carbonyl (C=O) groups excluding carboxylic acids is 1. The van der Waals surface area contributed by atoms with Crippen LogP contribution in [0.2, 0.25) is 0 Å². The van der Waals surface area contributed by atoms with E-state index in [-0.39, 0.29) is 11.3 Å². The van der Waals surface area contributed by atoms with Crippen LogP contribution in [-0.2, 0) is 0 Å². The number of nitrogen functional groups attached to an aromatic ring is 1. The number of hydrogen-bond acceptors (Lipinski definition) is 5. The monoisotopic (exact) mass is 284 g/mol. The standard InChI is InChI=1S/C12H17FN4O3/c1-16(2)5-3-4-15-12(18)8-6-10(14)9(13)7-11(8)17(19)20/h6-7H,3-5,14H2,1-2H3,(H,15,18). The van der Waals surface area contributed by atoms with Crippen LogP contribution >= 0.6 is 0 Å². The lowest BCUT2D eigenvalue weighted by Gasteiger charge is -2.10. The molecular formula is C12H17FN4O3. The fraction of sp³-hybridized carbons (Fsp3) is 0.417. The summed E-state index contributed by atoms with van der Waals surface area (Å²) in [5, 5.41) is 13.4. The zero-order valence-corrected chi connectivity index (χ0v) is 11.4. The van der Waals surface area contributed by atoms with Gasteiger partial charge in [-0.3, -0.25) is 14.9 Å². The number of nitrogens with zero attached hydrogens (tertiary/aromatic N) is 2. The number of nitrogens with one attached hydrogen (secondary N) is 1. The number of nitrogens with two attached hydrogens (primary N) is 1. The van der Waals surface area contributed by atoms with E-state index in [1.54, 1.807) is 0 Å². The van der Waals surface area contributed by atoms with Crippen LogP contribution in [0.25, 0.3) is 0 Å². The van der Waals surface area contributed by atoms with Crippen LogP contribution in [-0.4, -0.2) is 42.9 Å². The van der Waals surface area contributed by atoms with Gasteiger partial charge in [0.1, 0.15) is 5.56 Å². The number of hydrogen-bond donors (Lipinski definition) is 2. The third-order valence-electron chi connectivity index (χ3n) is 2.62. The van der Waals surface area contributed by atoms with Gasteiger partial charge in [0.15, 0.2) is 5.82 Å². The highest BCUT2D eigenvalue weighted by Crippen LogP contribution is 2.24. The summed E-state index contributed by atoms with van der Waals surface area (Å²) in [7, 11) is 3.79. The molecule has 1 rings (SSSR count). The Morgan fingerprint density at radius 2 is 2.15 bits per heavy atom. The number of halogens is 1. The second kappa shape index (κ2) is 6.80. The van der Waals surface area contributed by atoms with Crippen molar-refractivity contribution in [2.45, 2.75) is 6.42 Å². The predicted molar refractivity (Wildman–Crippen MR) is 73.0 cm³/mol. The van der Waals surface area contributed by atoms with E-state index in [9.17, 15) is 19.3 Å². The van der Waals surface area contributed by atoms with Gasteiger partial charge in [0, 0.05) is 6.54 Å². The van der Waals surface area contributed by atoms with Gasteiger partial charge in [-0.05, 0) is 33.1 Å². The average molecular weight is 284 g/mol. The quantitative estimate of drug-likeness (QED) is 0.351. The van der Waals surface area contributed by atoms with Gasteiger partial charge in [-0.2, -0.15) is 0 Å². The summed E-state index contributed by atoms with van der Waals surface area (Å²) in [5.41, 5.74) is 4.21. The van der Waals surface area contributed by atoms with Gasteiger partial charge in [0.05, 0.1) is 16.7 Å². The molecule has 7 nitrogen and oxygen atoms in total. The van der Waals surface area contributed by atoms with Crippen molar-refractivity contribution >= 4 is 17.3 Å². The van der Waals surface area contributed by atoms with Gasteiger partial charge in [-0.1, -0.05) is 0 Å². The van der Waals surface area contributed by atoms with E-state index in [2.05, 4.69) is 5.32 Å². The van der Waals surface area contributed by atoms with E-state index < -0.39 is 22.3 Å². The van der Waals surface area contributed by atoms with Gasteiger partial charge in [-0.15, -0.1) is 0 Å². The van der Waals surface area contributed by atoms with Crippen LogP contribution in [0, 0.1) is 15.9 Å². The number of nitro groups is 1. The van der Waals surface area contributed by atoms with Crippen LogP contribution in [0.3, 0.4) is 0 Å². The lowest BCUT2D eigenvalue weighted by molar-refractivity contribution is -0.385. The molecule has 8 heteroatoms. The van der Waals surface area contributed by atoms with Crippen LogP contribution in [0.1, 0.15) is 16.8 Å². The first-order chi connectivity index (χ1) is 9.32. The Morgan fingerprint density at radius 3 is 2.70 bits per heavy atom. The maximum absolute atomic E-state index is 13.2. The summed E-state index contributed by atoms with van der Waals surface area (Å²) in [5.74, 6) is -1.55. The van der Waals surface area contributed by atoms with Crippen molar-refractivity contribution in [1.82, 2.24) is 10.2 Å². The molecule has 1 aromatic carbocycles. The number of nitro benzene ring substituents is 1. The molecule has 0 fully saturated rings. The first-order valence-corrected chi connectivity index (χ1v) is 5.99. The second-order valence-corrected chi connectivity index (χ2v) is 4.56. The minimum atomic E-state index is -0.916. The largest absolute Gasteiger partial charge is 0.396 e. The summed E-state index contributed by atoms with van der Waals surface area (Å²) < 4.78 is 13.2. The van der Waals surface area contributed by atoms with Gasteiger partial charge in [-0.25, -0.2) is 4.39 Å². The van der Waals surface area contributed by atoms with Crippen LogP contribution < -0.4 is 11.1 Å². The Balaban J connectivity index is 2.81. The summed E-state index contributed by atoms with van der Waals surface area (Å²) in [4.78, 5) is 23.8. The highest BCUT2D eigenvalue weighted by atomic mass is 19.1. The maximum Gasteiger partial charge on any atom is 0.285 e. The summed E-state index contributed by atoms with van der Waals surface area (Å²) in [6.07, 6.45) is 0.698. The van der Waals surface area contributed by atoms with Crippen molar-refractivity contribution in [3.8, 4) is 0 Å². The molecule has 0 unspecified atom stereocenters. The molecule has 0 aromatic heterocycles. The number of amides is 1. The third-order valence-corrected chi connectivity index (χ3v) is 2.62. The summed E-state index contributed by atoms with van der Waals surface area (Å²) >= 11 is 0. The molecule has 1 aromatic rings. The van der Waals surface area contributed by atoms with Gasteiger partial charge >= 0.3 is 0 Å². The molecule has 0 aliphatic carbocycles. The SMILES string of the molecule is CN(C)CCCNC(=O)c1cc(N)c(F)cc1[N+](=O)[O-]. The van der Waals surface area contributed by atoms with Gasteiger partial charge < -0.3 is 16.0 Å². The first kappa shape index (κ1) is 15.8. The van der Waals surface area contributed by atoms with Crippen molar-refractivity contribution in [3.05, 3.63) is 33.6 Å². The number of rotatable bonds is 6. The van der Waals surface area contributed by atoms with Crippen molar-refractivity contribution in [3.63, 3.8) is 0 Å². The Bertz CT molecular complexity index is 520. The average Bonchev–Trinajstić information content (AvgIpc) is 2.36. The number of benzene rings is 1. The summed E-state index contributed by atoms with van der Waals surface area (Å²) in [6, 6.07) is 1.64. The van der Waals surface area contributed by atoms with Crippen LogP contribution in [0.5, 0.6) is 0 Å². The molecule has 0 bridgehead atoms. The van der Waals surface area contributed by atoms with Crippen molar-refractivity contribution in [1.29, 1.82) is 0 Å². The molecule has 0 atom stereocenters. The Labute approximate surface area is 115 Å². The molecule has 0 saturated carbocycles. The van der Waals surface area contributed by atoms with E-state index in [1.165, 1.54) is 0 Å². The summed E-state index contributed by atoms with van der Waals surface area (Å²) in [6.45, 7) is 1.14. The van der Waals surface area contributed by atoms with Gasteiger partial charge in [0.25, 0.3) is 11.6 Å². The molecule has 0 radical (unpaired) electrons. The second-order valence-electron chi connectivity index (χ2n) is 4.56. The fourth-order valence-electron chi connectivity index (χ4n) is 1.60. The number of anilines is 1. The van der Waals surface area contributed by atoms with E-state index >= 15 is 0 Å². The molecule has 0 saturated heterocycles. The zero-order valence-electron chi connectivity index (χ0n) is 11.4. The highest BCUT2D eigenvalue weighted by molar-refractivity contribution is 5.99. The molecular weight excluding hydrogens is 267 g/mol. The molecule has 20 heavy (non-hydrogen) atoms. The van der Waals surface area contributed by atoms with E-state index in [0.29, 0.717) is 19.0 Å². The maximum atomic E-state index is 13.2. The van der Waals surface area contributed by atoms with Gasteiger partial charge in [0.2, 0.25) is 0 Å². The molecule has 1 amide bonds. The Hall–Kier alpha value is -2.22. The topological polar surface area (TPSA) is 102 Å². The van der Waals surface area contributed by atoms with Crippen LogP contribution in [0.15, 0.2) is 12.1 Å². The van der Waals surface area contributed by atoms with E-state index in [1.807, 2.05) is 19.0 Å². The molecule has 110 valence electrons.